The maximum absolute atomic E-state index is 12.7. The minimum absolute atomic E-state index is 0.107. The second kappa shape index (κ2) is 9.65. The van der Waals surface area contributed by atoms with Gasteiger partial charge < -0.3 is 15.0 Å². The second-order valence-corrected chi connectivity index (χ2v) is 7.41. The summed E-state index contributed by atoms with van der Waals surface area (Å²) in [7, 11) is 0. The first-order valence-corrected chi connectivity index (χ1v) is 10.2. The molecule has 1 aliphatic heterocycles. The smallest absolute Gasteiger partial charge is 0.228 e. The van der Waals surface area contributed by atoms with Crippen LogP contribution in [0.5, 0.6) is 0 Å². The Labute approximate surface area is 180 Å². The quantitative estimate of drug-likeness (QED) is 0.649. The third kappa shape index (κ3) is 5.31. The van der Waals surface area contributed by atoms with Crippen LogP contribution in [0.4, 0.5) is 11.8 Å². The number of amides is 1. The molecule has 2 aromatic heterocycles. The Hall–Kier alpha value is -3.03. The van der Waals surface area contributed by atoms with Crippen molar-refractivity contribution in [1.82, 2.24) is 19.9 Å². The minimum atomic E-state index is -0.271. The van der Waals surface area contributed by atoms with E-state index in [2.05, 4.69) is 20.3 Å². The highest BCUT2D eigenvalue weighted by Crippen LogP contribution is 2.23. The Morgan fingerprint density at radius 2 is 2.00 bits per heavy atom. The number of halogens is 1. The van der Waals surface area contributed by atoms with E-state index in [9.17, 15) is 4.79 Å². The fraction of sp³-hybridized carbons (Fsp3) is 0.273. The molecule has 0 saturated carbocycles. The molecule has 1 amide bonds. The predicted octanol–water partition coefficient (Wildman–Crippen LogP) is 3.80. The molecular formula is C22H22ClN5O2. The average molecular weight is 424 g/mol. The van der Waals surface area contributed by atoms with Gasteiger partial charge in [-0.25, -0.2) is 15.0 Å². The second-order valence-electron chi connectivity index (χ2n) is 6.97. The van der Waals surface area contributed by atoms with Crippen LogP contribution < -0.4 is 5.32 Å². The van der Waals surface area contributed by atoms with E-state index in [0.29, 0.717) is 49.3 Å². The molecule has 1 atom stereocenters. The number of aromatic nitrogens is 3. The molecule has 0 aliphatic carbocycles. The van der Waals surface area contributed by atoms with E-state index in [4.69, 9.17) is 16.3 Å². The Morgan fingerprint density at radius 3 is 2.83 bits per heavy atom. The molecule has 0 bridgehead atoms. The predicted molar refractivity (Wildman–Crippen MR) is 115 cm³/mol. The van der Waals surface area contributed by atoms with Gasteiger partial charge in [0, 0.05) is 30.4 Å². The molecule has 1 aliphatic rings. The summed E-state index contributed by atoms with van der Waals surface area (Å²) in [6.45, 7) is 1.54. The first-order chi connectivity index (χ1) is 14.7. The number of hydrogen-bond donors (Lipinski definition) is 1. The average Bonchev–Trinajstić information content (AvgIpc) is 2.78. The Balaban J connectivity index is 1.37. The van der Waals surface area contributed by atoms with Gasteiger partial charge in [0.15, 0.2) is 0 Å². The van der Waals surface area contributed by atoms with Crippen LogP contribution in [0.25, 0.3) is 0 Å². The number of morpholine rings is 1. The molecule has 0 radical (unpaired) electrons. The number of nitrogens with one attached hydrogen (secondary N) is 1. The molecule has 1 fully saturated rings. The summed E-state index contributed by atoms with van der Waals surface area (Å²) in [6.07, 6.45) is 4.16. The number of aryl methyl sites for hydroxylation is 1. The number of pyridine rings is 1. The van der Waals surface area contributed by atoms with Crippen LogP contribution in [0.15, 0.2) is 60.9 Å². The summed E-state index contributed by atoms with van der Waals surface area (Å²) >= 11 is 6.03. The van der Waals surface area contributed by atoms with Crippen molar-refractivity contribution >= 4 is 29.3 Å². The van der Waals surface area contributed by atoms with E-state index in [0.717, 1.165) is 11.3 Å². The lowest BCUT2D eigenvalue weighted by molar-refractivity contribution is -0.139. The number of hydrogen-bond acceptors (Lipinski definition) is 6. The third-order valence-electron chi connectivity index (χ3n) is 4.84. The molecule has 30 heavy (non-hydrogen) atoms. The van der Waals surface area contributed by atoms with Crippen LogP contribution >= 0.6 is 11.6 Å². The van der Waals surface area contributed by atoms with Gasteiger partial charge in [-0.15, -0.1) is 0 Å². The monoisotopic (exact) mass is 423 g/mol. The molecule has 3 aromatic rings. The highest BCUT2D eigenvalue weighted by molar-refractivity contribution is 6.30. The number of benzene rings is 1. The third-order valence-corrected chi connectivity index (χ3v) is 5.08. The van der Waals surface area contributed by atoms with Gasteiger partial charge in [-0.2, -0.15) is 0 Å². The topological polar surface area (TPSA) is 80.2 Å². The molecule has 7 nitrogen and oxygen atoms in total. The molecule has 1 N–H and O–H groups in total. The van der Waals surface area contributed by atoms with Crippen LogP contribution in [0.1, 0.15) is 23.8 Å². The first-order valence-electron chi connectivity index (χ1n) is 9.82. The van der Waals surface area contributed by atoms with E-state index in [1.165, 1.54) is 0 Å². The van der Waals surface area contributed by atoms with Crippen molar-refractivity contribution < 1.29 is 9.53 Å². The molecule has 0 spiro atoms. The minimum Gasteiger partial charge on any atom is -0.368 e. The zero-order valence-corrected chi connectivity index (χ0v) is 17.1. The maximum atomic E-state index is 12.7. The molecule has 3 heterocycles. The molecule has 4 rings (SSSR count). The Kier molecular flexibility index (Phi) is 6.51. The van der Waals surface area contributed by atoms with Gasteiger partial charge in [-0.3, -0.25) is 4.79 Å². The SMILES string of the molecule is O=C(CCc1cccc(Cl)c1)N1CCO[C@@H](c2cccc(Nc3ncccn3)n2)C1. The lowest BCUT2D eigenvalue weighted by atomic mass is 10.1. The fourth-order valence-electron chi connectivity index (χ4n) is 3.34. The van der Waals surface area contributed by atoms with Crippen LogP contribution in [-0.2, 0) is 16.0 Å². The molecular weight excluding hydrogens is 402 g/mol. The number of anilines is 2. The molecule has 1 aromatic carbocycles. The zero-order chi connectivity index (χ0) is 20.8. The van der Waals surface area contributed by atoms with Crippen molar-refractivity contribution in [2.45, 2.75) is 18.9 Å². The number of carbonyl (C=O) groups excluding carboxylic acids is 1. The van der Waals surface area contributed by atoms with Crippen LogP contribution in [0, 0.1) is 0 Å². The highest BCUT2D eigenvalue weighted by Gasteiger charge is 2.26. The lowest BCUT2D eigenvalue weighted by Gasteiger charge is -2.33. The van der Waals surface area contributed by atoms with Crippen molar-refractivity contribution in [1.29, 1.82) is 0 Å². The van der Waals surface area contributed by atoms with Gasteiger partial charge in [0.25, 0.3) is 0 Å². The van der Waals surface area contributed by atoms with E-state index in [1.807, 2.05) is 47.4 Å². The standard InChI is InChI=1S/C22H22ClN5O2/c23-17-5-1-4-16(14-17)8-9-21(29)28-12-13-30-19(15-28)18-6-2-7-20(26-18)27-22-24-10-3-11-25-22/h1-7,10-11,14,19H,8-9,12-13,15H2,(H,24,25,26,27)/t19-/m1/s1. The largest absolute Gasteiger partial charge is 0.368 e. The lowest BCUT2D eigenvalue weighted by Crippen LogP contribution is -2.42. The number of rotatable bonds is 6. The van der Waals surface area contributed by atoms with Crippen molar-refractivity contribution in [3.63, 3.8) is 0 Å². The molecule has 154 valence electrons. The summed E-state index contributed by atoms with van der Waals surface area (Å²) in [5.74, 6) is 1.21. The summed E-state index contributed by atoms with van der Waals surface area (Å²) in [5.41, 5.74) is 1.83. The summed E-state index contributed by atoms with van der Waals surface area (Å²) < 4.78 is 5.90. The van der Waals surface area contributed by atoms with E-state index < -0.39 is 0 Å². The van der Waals surface area contributed by atoms with Gasteiger partial charge >= 0.3 is 0 Å². The molecule has 0 unspecified atom stereocenters. The first kappa shape index (κ1) is 20.3. The van der Waals surface area contributed by atoms with Crippen molar-refractivity contribution in [2.24, 2.45) is 0 Å². The van der Waals surface area contributed by atoms with Crippen LogP contribution in [0.3, 0.4) is 0 Å². The van der Waals surface area contributed by atoms with E-state index in [1.54, 1.807) is 18.5 Å². The van der Waals surface area contributed by atoms with Gasteiger partial charge in [0.05, 0.1) is 18.8 Å². The van der Waals surface area contributed by atoms with Crippen molar-refractivity contribution in [2.75, 3.05) is 25.0 Å². The van der Waals surface area contributed by atoms with Gasteiger partial charge in [0.2, 0.25) is 11.9 Å². The fourth-order valence-corrected chi connectivity index (χ4v) is 3.55. The molecule has 1 saturated heterocycles. The highest BCUT2D eigenvalue weighted by atomic mass is 35.5. The Morgan fingerprint density at radius 1 is 1.17 bits per heavy atom. The van der Waals surface area contributed by atoms with Gasteiger partial charge in [-0.1, -0.05) is 29.8 Å². The van der Waals surface area contributed by atoms with E-state index in [-0.39, 0.29) is 12.0 Å². The summed E-state index contributed by atoms with van der Waals surface area (Å²) in [4.78, 5) is 27.5. The van der Waals surface area contributed by atoms with Gasteiger partial charge in [0.1, 0.15) is 11.9 Å². The van der Waals surface area contributed by atoms with Crippen LogP contribution in [-0.4, -0.2) is 45.5 Å². The van der Waals surface area contributed by atoms with E-state index >= 15 is 0 Å². The number of nitrogens with zero attached hydrogens (tertiary/aromatic N) is 4. The van der Waals surface area contributed by atoms with Crippen LogP contribution in [0.2, 0.25) is 5.02 Å². The molecule has 8 heteroatoms. The normalized spacial score (nSPS) is 16.3. The van der Waals surface area contributed by atoms with Gasteiger partial charge in [-0.05, 0) is 42.3 Å². The summed E-state index contributed by atoms with van der Waals surface area (Å²) in [6, 6.07) is 15.0. The maximum Gasteiger partial charge on any atom is 0.228 e. The van der Waals surface area contributed by atoms with Crippen molar-refractivity contribution in [3.05, 3.63) is 77.2 Å². The summed E-state index contributed by atoms with van der Waals surface area (Å²) in [5, 5.41) is 3.77. The number of ether oxygens (including phenoxy) is 1. The zero-order valence-electron chi connectivity index (χ0n) is 16.4. The number of carbonyl (C=O) groups is 1. The Bertz CT molecular complexity index is 1000. The van der Waals surface area contributed by atoms with Crippen molar-refractivity contribution in [3.8, 4) is 0 Å².